The highest BCUT2D eigenvalue weighted by molar-refractivity contribution is 5.89. The number of carboxylic acids is 2. The zero-order chi connectivity index (χ0) is 19.6. The third kappa shape index (κ3) is 6.91. The van der Waals surface area contributed by atoms with Crippen LogP contribution >= 0.6 is 0 Å². The van der Waals surface area contributed by atoms with Gasteiger partial charge in [-0.1, -0.05) is 30.3 Å². The Morgan fingerprint density at radius 1 is 0.926 bits per heavy atom. The van der Waals surface area contributed by atoms with E-state index in [0.29, 0.717) is 12.2 Å². The van der Waals surface area contributed by atoms with Crippen molar-refractivity contribution in [1.29, 1.82) is 0 Å². The fourth-order valence-corrected chi connectivity index (χ4v) is 2.60. The molecule has 1 aromatic heterocycles. The molecule has 0 unspecified atom stereocenters. The normalized spacial score (nSPS) is 14.5. The largest absolute Gasteiger partial charge is 0.478 e. The van der Waals surface area contributed by atoms with Crippen molar-refractivity contribution in [3.8, 4) is 11.1 Å². The summed E-state index contributed by atoms with van der Waals surface area (Å²) in [5.74, 6) is -2.51. The lowest BCUT2D eigenvalue weighted by molar-refractivity contribution is -0.134. The van der Waals surface area contributed by atoms with Gasteiger partial charge in [0, 0.05) is 50.1 Å². The van der Waals surface area contributed by atoms with E-state index in [0.717, 1.165) is 26.2 Å². The minimum absolute atomic E-state index is 0.558. The Balaban J connectivity index is 0.000000279. The summed E-state index contributed by atoms with van der Waals surface area (Å²) in [6, 6.07) is 12.7. The van der Waals surface area contributed by atoms with Crippen molar-refractivity contribution in [1.82, 2.24) is 9.88 Å². The molecule has 1 aromatic carbocycles. The van der Waals surface area contributed by atoms with E-state index in [1.54, 1.807) is 0 Å². The fourth-order valence-electron chi connectivity index (χ4n) is 2.60. The van der Waals surface area contributed by atoms with Crippen LogP contribution < -0.4 is 4.90 Å². The maximum absolute atomic E-state index is 9.55. The van der Waals surface area contributed by atoms with Gasteiger partial charge in [0.15, 0.2) is 0 Å². The molecule has 1 aliphatic rings. The molecule has 0 radical (unpaired) electrons. The van der Waals surface area contributed by atoms with E-state index in [1.165, 1.54) is 16.8 Å². The number of benzene rings is 1. The van der Waals surface area contributed by atoms with Crippen molar-refractivity contribution in [2.75, 3.05) is 38.1 Å². The topological polar surface area (TPSA) is 94.0 Å². The summed E-state index contributed by atoms with van der Waals surface area (Å²) in [6.07, 6.45) is 5.03. The first-order valence-corrected chi connectivity index (χ1v) is 8.53. The van der Waals surface area contributed by atoms with Gasteiger partial charge >= 0.3 is 11.9 Å². The quantitative estimate of drug-likeness (QED) is 0.798. The van der Waals surface area contributed by atoms with E-state index >= 15 is 0 Å². The van der Waals surface area contributed by atoms with Gasteiger partial charge in [-0.25, -0.2) is 9.59 Å². The number of rotatable bonds is 4. The number of piperazine rings is 1. The standard InChI is InChI=1S/C16H19N3.C4H4O4/c1-18-7-9-19(10-8-18)16-11-15(12-17-13-16)14-5-3-2-4-6-14;5-3(6)1-2-4(7)8/h2-6,11-13H,7-10H2,1H3;1-2H,(H,5,6)(H,7,8)/b;2-1+. The van der Waals surface area contributed by atoms with Crippen LogP contribution in [-0.2, 0) is 9.59 Å². The Kier molecular flexibility index (Phi) is 7.51. The van der Waals surface area contributed by atoms with Crippen LogP contribution in [0.25, 0.3) is 11.1 Å². The SMILES string of the molecule is CN1CCN(c2cncc(-c3ccccc3)c2)CC1.O=C(O)/C=C/C(=O)O. The van der Waals surface area contributed by atoms with Gasteiger partial charge in [0.1, 0.15) is 0 Å². The number of likely N-dealkylation sites (N-methyl/N-ethyl adjacent to an activating group) is 1. The zero-order valence-electron chi connectivity index (χ0n) is 15.2. The molecule has 2 aromatic rings. The molecule has 0 amide bonds. The van der Waals surface area contributed by atoms with Crippen LogP contribution in [0, 0.1) is 0 Å². The lowest BCUT2D eigenvalue weighted by Gasteiger charge is -2.34. The van der Waals surface area contributed by atoms with E-state index < -0.39 is 11.9 Å². The van der Waals surface area contributed by atoms with Gasteiger partial charge in [-0.05, 0) is 18.7 Å². The van der Waals surface area contributed by atoms with Crippen molar-refractivity contribution in [2.45, 2.75) is 0 Å². The molecule has 1 aliphatic heterocycles. The first-order chi connectivity index (χ1) is 13.0. The van der Waals surface area contributed by atoms with Crippen LogP contribution in [0.15, 0.2) is 60.9 Å². The number of nitrogens with zero attached hydrogens (tertiary/aromatic N) is 3. The average Bonchev–Trinajstić information content (AvgIpc) is 2.68. The number of carboxylic acid groups (broad SMARTS) is 2. The summed E-state index contributed by atoms with van der Waals surface area (Å²) in [5, 5.41) is 15.6. The molecular weight excluding hydrogens is 346 g/mol. The Bertz CT molecular complexity index is 769. The maximum atomic E-state index is 9.55. The molecular formula is C20H23N3O4. The van der Waals surface area contributed by atoms with Crippen LogP contribution in [-0.4, -0.2) is 65.3 Å². The zero-order valence-corrected chi connectivity index (χ0v) is 15.2. The Morgan fingerprint density at radius 2 is 1.52 bits per heavy atom. The van der Waals surface area contributed by atoms with Gasteiger partial charge in [0.25, 0.3) is 0 Å². The van der Waals surface area contributed by atoms with E-state index in [-0.39, 0.29) is 0 Å². The molecule has 3 rings (SSSR count). The van der Waals surface area contributed by atoms with Gasteiger partial charge in [-0.2, -0.15) is 0 Å². The molecule has 0 spiro atoms. The minimum Gasteiger partial charge on any atom is -0.478 e. The molecule has 0 bridgehead atoms. The summed E-state index contributed by atoms with van der Waals surface area (Å²) in [5.41, 5.74) is 3.65. The van der Waals surface area contributed by atoms with Crippen molar-refractivity contribution in [3.05, 3.63) is 60.9 Å². The number of hydrogen-bond donors (Lipinski definition) is 2. The van der Waals surface area contributed by atoms with Crippen molar-refractivity contribution in [2.24, 2.45) is 0 Å². The first-order valence-electron chi connectivity index (χ1n) is 8.53. The molecule has 2 N–H and O–H groups in total. The van der Waals surface area contributed by atoms with Crippen LogP contribution in [0.2, 0.25) is 0 Å². The number of aromatic nitrogens is 1. The number of carbonyl (C=O) groups is 2. The highest BCUT2D eigenvalue weighted by Gasteiger charge is 2.14. The maximum Gasteiger partial charge on any atom is 0.328 e. The second-order valence-electron chi connectivity index (χ2n) is 6.10. The predicted octanol–water partition coefficient (Wildman–Crippen LogP) is 2.21. The van der Waals surface area contributed by atoms with Crippen LogP contribution in [0.1, 0.15) is 0 Å². The molecule has 0 saturated carbocycles. The highest BCUT2D eigenvalue weighted by Crippen LogP contribution is 2.23. The third-order valence-corrected chi connectivity index (χ3v) is 4.07. The highest BCUT2D eigenvalue weighted by atomic mass is 16.4. The monoisotopic (exact) mass is 369 g/mol. The Labute approximate surface area is 158 Å². The molecule has 1 fully saturated rings. The van der Waals surface area contributed by atoms with Crippen molar-refractivity contribution in [3.63, 3.8) is 0 Å². The predicted molar refractivity (Wildman–Crippen MR) is 104 cm³/mol. The number of aliphatic carboxylic acids is 2. The van der Waals surface area contributed by atoms with Crippen LogP contribution in [0.4, 0.5) is 5.69 Å². The Hall–Kier alpha value is -3.19. The smallest absolute Gasteiger partial charge is 0.328 e. The molecule has 7 nitrogen and oxygen atoms in total. The van der Waals surface area contributed by atoms with E-state index in [1.807, 2.05) is 18.5 Å². The summed E-state index contributed by atoms with van der Waals surface area (Å²) >= 11 is 0. The second kappa shape index (κ2) is 10.1. The summed E-state index contributed by atoms with van der Waals surface area (Å²) in [4.78, 5) is 28.3. The van der Waals surface area contributed by atoms with E-state index in [9.17, 15) is 9.59 Å². The lowest BCUT2D eigenvalue weighted by atomic mass is 10.1. The Morgan fingerprint density at radius 3 is 2.07 bits per heavy atom. The van der Waals surface area contributed by atoms with Gasteiger partial charge in [0.2, 0.25) is 0 Å². The van der Waals surface area contributed by atoms with Gasteiger partial charge in [-0.15, -0.1) is 0 Å². The van der Waals surface area contributed by atoms with E-state index in [4.69, 9.17) is 10.2 Å². The molecule has 0 atom stereocenters. The number of pyridine rings is 1. The lowest BCUT2D eigenvalue weighted by Crippen LogP contribution is -2.44. The van der Waals surface area contributed by atoms with Gasteiger partial charge in [-0.3, -0.25) is 4.98 Å². The summed E-state index contributed by atoms with van der Waals surface area (Å²) in [6.45, 7) is 4.40. The van der Waals surface area contributed by atoms with Crippen molar-refractivity contribution >= 4 is 17.6 Å². The molecule has 7 heteroatoms. The number of hydrogen-bond acceptors (Lipinski definition) is 5. The van der Waals surface area contributed by atoms with Gasteiger partial charge < -0.3 is 20.0 Å². The summed E-state index contributed by atoms with van der Waals surface area (Å²) < 4.78 is 0. The fraction of sp³-hybridized carbons (Fsp3) is 0.250. The average molecular weight is 369 g/mol. The van der Waals surface area contributed by atoms with Crippen LogP contribution in [0.3, 0.4) is 0 Å². The van der Waals surface area contributed by atoms with E-state index in [2.05, 4.69) is 52.2 Å². The van der Waals surface area contributed by atoms with Gasteiger partial charge in [0.05, 0.1) is 11.9 Å². The first kappa shape index (κ1) is 20.1. The van der Waals surface area contributed by atoms with Crippen molar-refractivity contribution < 1.29 is 19.8 Å². The third-order valence-electron chi connectivity index (χ3n) is 4.07. The molecule has 1 saturated heterocycles. The molecule has 142 valence electrons. The minimum atomic E-state index is -1.26. The van der Waals surface area contributed by atoms with Crippen LogP contribution in [0.5, 0.6) is 0 Å². The second-order valence-corrected chi connectivity index (χ2v) is 6.10. The molecule has 2 heterocycles. The molecule has 0 aliphatic carbocycles. The number of anilines is 1. The summed E-state index contributed by atoms with van der Waals surface area (Å²) in [7, 11) is 2.18. The molecule has 27 heavy (non-hydrogen) atoms.